The summed E-state index contributed by atoms with van der Waals surface area (Å²) in [6.45, 7) is 4.18. The first-order chi connectivity index (χ1) is 7.66. The van der Waals surface area contributed by atoms with Crippen molar-refractivity contribution in [2.75, 3.05) is 0 Å². The molecule has 3 heteroatoms. The average Bonchev–Trinajstić information content (AvgIpc) is 2.26. The van der Waals surface area contributed by atoms with Crippen LogP contribution in [0.1, 0.15) is 46.0 Å². The standard InChI is InChI=1S/C13H22N2O/c1-9(2)14-15-11-6-7-12-10(8-11)4-3-5-13(12)16/h8-9,12-14,16H,3-7H2,1-2H3/b15-11-. The maximum absolute atomic E-state index is 9.91. The minimum absolute atomic E-state index is 0.111. The summed E-state index contributed by atoms with van der Waals surface area (Å²) in [6, 6.07) is 0.389. The zero-order chi connectivity index (χ0) is 11.5. The summed E-state index contributed by atoms with van der Waals surface area (Å²) in [5, 5.41) is 14.3. The molecular formula is C13H22N2O. The molecule has 2 aliphatic rings. The Kier molecular flexibility index (Phi) is 3.64. The maximum atomic E-state index is 9.91. The summed E-state index contributed by atoms with van der Waals surface area (Å²) < 4.78 is 0. The maximum Gasteiger partial charge on any atom is 0.0605 e. The molecule has 16 heavy (non-hydrogen) atoms. The Morgan fingerprint density at radius 3 is 2.94 bits per heavy atom. The fraction of sp³-hybridized carbons (Fsp3) is 0.769. The molecule has 0 spiro atoms. The molecule has 1 fully saturated rings. The fourth-order valence-electron chi connectivity index (χ4n) is 2.60. The molecule has 3 nitrogen and oxygen atoms in total. The van der Waals surface area contributed by atoms with Crippen molar-refractivity contribution < 1.29 is 5.11 Å². The highest BCUT2D eigenvalue weighted by Crippen LogP contribution is 2.35. The van der Waals surface area contributed by atoms with Gasteiger partial charge in [-0.1, -0.05) is 5.57 Å². The first-order valence-electron chi connectivity index (χ1n) is 6.37. The third kappa shape index (κ3) is 2.64. The van der Waals surface area contributed by atoms with E-state index < -0.39 is 0 Å². The van der Waals surface area contributed by atoms with Crippen LogP contribution in [0, 0.1) is 5.92 Å². The van der Waals surface area contributed by atoms with E-state index in [4.69, 9.17) is 0 Å². The third-order valence-electron chi connectivity index (χ3n) is 3.44. The average molecular weight is 222 g/mol. The lowest BCUT2D eigenvalue weighted by Crippen LogP contribution is -2.30. The SMILES string of the molecule is CC(C)N/N=C1\C=C2CCCC(O)C2CC1. The topological polar surface area (TPSA) is 44.6 Å². The van der Waals surface area contributed by atoms with Gasteiger partial charge >= 0.3 is 0 Å². The van der Waals surface area contributed by atoms with Crippen molar-refractivity contribution in [3.05, 3.63) is 11.6 Å². The second-order valence-electron chi connectivity index (χ2n) is 5.21. The molecule has 2 rings (SSSR count). The molecule has 0 aromatic heterocycles. The van der Waals surface area contributed by atoms with E-state index in [9.17, 15) is 5.11 Å². The summed E-state index contributed by atoms with van der Waals surface area (Å²) in [6.07, 6.45) is 7.37. The number of fused-ring (bicyclic) bond motifs is 1. The number of hydrazone groups is 1. The summed E-state index contributed by atoms with van der Waals surface area (Å²) in [7, 11) is 0. The molecule has 0 aromatic carbocycles. The van der Waals surface area contributed by atoms with Gasteiger partial charge in [-0.3, -0.25) is 0 Å². The molecular weight excluding hydrogens is 200 g/mol. The van der Waals surface area contributed by atoms with Crippen LogP contribution in [-0.4, -0.2) is 23.0 Å². The largest absolute Gasteiger partial charge is 0.393 e. The molecule has 0 aromatic rings. The van der Waals surface area contributed by atoms with Crippen molar-refractivity contribution in [2.45, 2.75) is 58.1 Å². The molecule has 0 radical (unpaired) electrons. The van der Waals surface area contributed by atoms with Gasteiger partial charge in [0.05, 0.1) is 11.8 Å². The van der Waals surface area contributed by atoms with E-state index in [1.54, 1.807) is 0 Å². The summed E-state index contributed by atoms with van der Waals surface area (Å²) in [4.78, 5) is 0. The molecule has 0 saturated heterocycles. The van der Waals surface area contributed by atoms with Gasteiger partial charge in [0.1, 0.15) is 0 Å². The van der Waals surface area contributed by atoms with E-state index in [0.717, 1.165) is 37.8 Å². The first kappa shape index (κ1) is 11.6. The predicted molar refractivity (Wildman–Crippen MR) is 66.4 cm³/mol. The smallest absolute Gasteiger partial charge is 0.0605 e. The number of nitrogens with one attached hydrogen (secondary N) is 1. The molecule has 0 heterocycles. The molecule has 0 amide bonds. The van der Waals surface area contributed by atoms with Crippen molar-refractivity contribution >= 4 is 5.71 Å². The van der Waals surface area contributed by atoms with Crippen LogP contribution in [0.5, 0.6) is 0 Å². The van der Waals surface area contributed by atoms with E-state index in [1.165, 1.54) is 5.57 Å². The van der Waals surface area contributed by atoms with Crippen molar-refractivity contribution in [3.8, 4) is 0 Å². The highest BCUT2D eigenvalue weighted by molar-refractivity contribution is 5.96. The Hall–Kier alpha value is -0.830. The van der Waals surface area contributed by atoms with Crippen molar-refractivity contribution in [1.29, 1.82) is 0 Å². The second-order valence-corrected chi connectivity index (χ2v) is 5.21. The molecule has 0 bridgehead atoms. The van der Waals surface area contributed by atoms with Gasteiger partial charge in [-0.2, -0.15) is 5.10 Å². The molecule has 2 atom stereocenters. The highest BCUT2D eigenvalue weighted by atomic mass is 16.3. The van der Waals surface area contributed by atoms with Gasteiger partial charge in [0.2, 0.25) is 0 Å². The zero-order valence-corrected chi connectivity index (χ0v) is 10.2. The molecule has 2 unspecified atom stereocenters. The van der Waals surface area contributed by atoms with Crippen LogP contribution in [-0.2, 0) is 0 Å². The predicted octanol–water partition coefficient (Wildman–Crippen LogP) is 2.22. The van der Waals surface area contributed by atoms with E-state index in [1.807, 2.05) is 0 Å². The number of aliphatic hydroxyl groups is 1. The lowest BCUT2D eigenvalue weighted by Gasteiger charge is -2.33. The van der Waals surface area contributed by atoms with Crippen molar-refractivity contribution in [2.24, 2.45) is 11.0 Å². The lowest BCUT2D eigenvalue weighted by molar-refractivity contribution is 0.0933. The van der Waals surface area contributed by atoms with E-state index in [2.05, 4.69) is 30.5 Å². The summed E-state index contributed by atoms with van der Waals surface area (Å²) >= 11 is 0. The Morgan fingerprint density at radius 2 is 2.19 bits per heavy atom. The molecule has 90 valence electrons. The number of allylic oxidation sites excluding steroid dienone is 1. The van der Waals surface area contributed by atoms with Gasteiger partial charge in [0.15, 0.2) is 0 Å². The van der Waals surface area contributed by atoms with E-state index in [0.29, 0.717) is 12.0 Å². The molecule has 0 aliphatic heterocycles. The minimum Gasteiger partial charge on any atom is -0.393 e. The molecule has 2 aliphatic carbocycles. The van der Waals surface area contributed by atoms with Crippen LogP contribution < -0.4 is 5.43 Å². The first-order valence-corrected chi connectivity index (χ1v) is 6.37. The van der Waals surface area contributed by atoms with Gasteiger partial charge in [-0.15, -0.1) is 0 Å². The summed E-state index contributed by atoms with van der Waals surface area (Å²) in [5.41, 5.74) is 5.66. The van der Waals surface area contributed by atoms with Crippen LogP contribution >= 0.6 is 0 Å². The van der Waals surface area contributed by atoms with Crippen LogP contribution in [0.15, 0.2) is 16.8 Å². The number of hydrogen-bond donors (Lipinski definition) is 2. The highest BCUT2D eigenvalue weighted by Gasteiger charge is 2.30. The zero-order valence-electron chi connectivity index (χ0n) is 10.2. The van der Waals surface area contributed by atoms with Crippen LogP contribution in [0.25, 0.3) is 0 Å². The number of aliphatic hydroxyl groups excluding tert-OH is 1. The second kappa shape index (κ2) is 5.00. The number of nitrogens with zero attached hydrogens (tertiary/aromatic N) is 1. The Morgan fingerprint density at radius 1 is 1.38 bits per heavy atom. The van der Waals surface area contributed by atoms with Gasteiger partial charge in [0.25, 0.3) is 0 Å². The number of hydrogen-bond acceptors (Lipinski definition) is 3. The van der Waals surface area contributed by atoms with E-state index in [-0.39, 0.29) is 6.10 Å². The fourth-order valence-corrected chi connectivity index (χ4v) is 2.60. The van der Waals surface area contributed by atoms with Gasteiger partial charge < -0.3 is 10.5 Å². The van der Waals surface area contributed by atoms with Gasteiger partial charge in [0, 0.05) is 12.0 Å². The Balaban J connectivity index is 2.06. The third-order valence-corrected chi connectivity index (χ3v) is 3.44. The molecule has 1 saturated carbocycles. The van der Waals surface area contributed by atoms with E-state index >= 15 is 0 Å². The molecule has 2 N–H and O–H groups in total. The summed E-state index contributed by atoms with van der Waals surface area (Å²) in [5.74, 6) is 0.409. The monoisotopic (exact) mass is 222 g/mol. The van der Waals surface area contributed by atoms with Gasteiger partial charge in [-0.05, 0) is 52.0 Å². The van der Waals surface area contributed by atoms with Crippen LogP contribution in [0.4, 0.5) is 0 Å². The quantitative estimate of drug-likeness (QED) is 0.704. The van der Waals surface area contributed by atoms with Crippen molar-refractivity contribution in [3.63, 3.8) is 0 Å². The Bertz CT molecular complexity index is 307. The normalized spacial score (nSPS) is 32.5. The minimum atomic E-state index is -0.111. The number of rotatable bonds is 2. The van der Waals surface area contributed by atoms with Crippen molar-refractivity contribution in [1.82, 2.24) is 5.43 Å². The van der Waals surface area contributed by atoms with Crippen LogP contribution in [0.3, 0.4) is 0 Å². The Labute approximate surface area is 97.6 Å². The van der Waals surface area contributed by atoms with Crippen LogP contribution in [0.2, 0.25) is 0 Å². The van der Waals surface area contributed by atoms with Gasteiger partial charge in [-0.25, -0.2) is 0 Å². The lowest BCUT2D eigenvalue weighted by atomic mass is 9.75.